The van der Waals surface area contributed by atoms with Crippen molar-refractivity contribution in [3.05, 3.63) is 23.3 Å². The molecule has 8 heteroatoms. The molecule has 0 amide bonds. The van der Waals surface area contributed by atoms with Gasteiger partial charge in [0.1, 0.15) is 5.75 Å². The minimum absolute atomic E-state index is 0.120. The molecule has 190 valence electrons. The average molecular weight is 503 g/mol. The van der Waals surface area contributed by atoms with Gasteiger partial charge in [0.2, 0.25) is 0 Å². The Morgan fingerprint density at radius 1 is 0.943 bits per heavy atom. The molecule has 3 saturated carbocycles. The van der Waals surface area contributed by atoms with E-state index in [1.165, 1.54) is 6.07 Å². The summed E-state index contributed by atoms with van der Waals surface area (Å²) in [4.78, 5) is 13.7. The van der Waals surface area contributed by atoms with Crippen molar-refractivity contribution in [2.75, 3.05) is 0 Å². The number of carbonyl (C=O) groups is 1. The van der Waals surface area contributed by atoms with Crippen LogP contribution in [0, 0.1) is 48.3 Å². The van der Waals surface area contributed by atoms with Gasteiger partial charge in [-0.05, 0) is 104 Å². The zero-order valence-corrected chi connectivity index (χ0v) is 21.2. The number of fused-ring (bicyclic) bond motifs is 5. The number of benzene rings is 1. The Kier molecular flexibility index (Phi) is 4.88. The SMILES string of the molecule is Cc1cc(S(=O)(=O)O)c(C(C)C)cc1OC(=O)C1CC2C3C4CCC(O4)C3C1C1C3CCC(O3)C21. The van der Waals surface area contributed by atoms with Crippen molar-refractivity contribution in [3.8, 4) is 5.75 Å². The van der Waals surface area contributed by atoms with Crippen molar-refractivity contribution in [2.45, 2.75) is 88.1 Å². The number of carbonyl (C=O) groups excluding carboxylic acids is 1. The third-order valence-electron chi connectivity index (χ3n) is 10.4. The maximum atomic E-state index is 13.8. The zero-order valence-electron chi connectivity index (χ0n) is 20.4. The molecule has 4 heterocycles. The van der Waals surface area contributed by atoms with Crippen molar-refractivity contribution in [1.82, 2.24) is 0 Å². The lowest BCUT2D eigenvalue weighted by molar-refractivity contribution is -0.164. The van der Waals surface area contributed by atoms with E-state index in [0.29, 0.717) is 58.7 Å². The van der Waals surface area contributed by atoms with E-state index in [1.807, 2.05) is 13.8 Å². The van der Waals surface area contributed by atoms with E-state index < -0.39 is 10.1 Å². The summed E-state index contributed by atoms with van der Waals surface area (Å²) in [7, 11) is -4.37. The Morgan fingerprint density at radius 2 is 1.49 bits per heavy atom. The lowest BCUT2D eigenvalue weighted by atomic mass is 9.42. The van der Waals surface area contributed by atoms with E-state index in [-0.39, 0.29) is 40.8 Å². The molecule has 35 heavy (non-hydrogen) atoms. The molecule has 1 aromatic rings. The van der Waals surface area contributed by atoms with Crippen LogP contribution in [0.15, 0.2) is 17.0 Å². The lowest BCUT2D eigenvalue weighted by Crippen LogP contribution is -2.62. The summed E-state index contributed by atoms with van der Waals surface area (Å²) in [6.45, 7) is 5.43. The van der Waals surface area contributed by atoms with Gasteiger partial charge in [-0.3, -0.25) is 9.35 Å². The highest BCUT2D eigenvalue weighted by atomic mass is 32.2. The summed E-state index contributed by atoms with van der Waals surface area (Å²) in [5.74, 6) is 2.46. The van der Waals surface area contributed by atoms with Gasteiger partial charge in [-0.2, -0.15) is 8.42 Å². The molecule has 0 spiro atoms. The Balaban J connectivity index is 1.22. The predicted molar refractivity (Wildman–Crippen MR) is 126 cm³/mol. The Bertz CT molecular complexity index is 1160. The van der Waals surface area contributed by atoms with Gasteiger partial charge < -0.3 is 14.2 Å². The van der Waals surface area contributed by atoms with Gasteiger partial charge in [-0.1, -0.05) is 13.8 Å². The molecule has 7 aliphatic rings. The maximum Gasteiger partial charge on any atom is 0.314 e. The average Bonchev–Trinajstić information content (AvgIpc) is 3.60. The van der Waals surface area contributed by atoms with E-state index in [4.69, 9.17) is 14.2 Å². The van der Waals surface area contributed by atoms with Crippen LogP contribution in [0.2, 0.25) is 0 Å². The van der Waals surface area contributed by atoms with Crippen molar-refractivity contribution < 1.29 is 32.0 Å². The quantitative estimate of drug-likeness (QED) is 0.376. The number of esters is 1. The van der Waals surface area contributed by atoms with Crippen molar-refractivity contribution >= 4 is 16.1 Å². The summed E-state index contributed by atoms with van der Waals surface area (Å²) >= 11 is 0. The molecule has 6 bridgehead atoms. The van der Waals surface area contributed by atoms with Gasteiger partial charge in [-0.25, -0.2) is 0 Å². The Labute approximate surface area is 206 Å². The van der Waals surface area contributed by atoms with Gasteiger partial charge in [0.25, 0.3) is 10.1 Å². The maximum absolute atomic E-state index is 13.8. The molecule has 7 fully saturated rings. The standard InChI is InChI=1S/C27H34O7S/c1-11(2)13-10-20(12(3)8-21(13)35(29,30)31)34-27(28)15-9-14-22-16-4-6-18(32-16)25(22)24(15)26-19-7-5-17(33-19)23(14)26/h8,10-11,14-19,22-26H,4-7,9H2,1-3H3,(H,29,30,31). The molecular weight excluding hydrogens is 468 g/mol. The molecule has 7 nitrogen and oxygen atoms in total. The zero-order chi connectivity index (χ0) is 24.4. The van der Waals surface area contributed by atoms with Crippen molar-refractivity contribution in [3.63, 3.8) is 0 Å². The number of ether oxygens (including phenoxy) is 3. The highest BCUT2D eigenvalue weighted by Gasteiger charge is 2.72. The van der Waals surface area contributed by atoms with E-state index in [1.54, 1.807) is 13.0 Å². The molecule has 9 unspecified atom stereocenters. The van der Waals surface area contributed by atoms with Gasteiger partial charge >= 0.3 is 5.97 Å². The van der Waals surface area contributed by atoms with Crippen molar-refractivity contribution in [1.29, 1.82) is 0 Å². The number of rotatable bonds is 4. The number of aryl methyl sites for hydroxylation is 1. The normalized spacial score (nSPS) is 44.7. The van der Waals surface area contributed by atoms with E-state index >= 15 is 0 Å². The largest absolute Gasteiger partial charge is 0.426 e. The smallest absolute Gasteiger partial charge is 0.314 e. The Hall–Kier alpha value is -1.48. The number of hydrogen-bond donors (Lipinski definition) is 1. The Morgan fingerprint density at radius 3 is 2.00 bits per heavy atom. The van der Waals surface area contributed by atoms with E-state index in [0.717, 1.165) is 32.1 Å². The van der Waals surface area contributed by atoms with Crippen LogP contribution in [0.3, 0.4) is 0 Å². The summed E-state index contributed by atoms with van der Waals surface area (Å²) in [6, 6.07) is 3.04. The highest BCUT2D eigenvalue weighted by molar-refractivity contribution is 7.85. The third kappa shape index (κ3) is 3.12. The second kappa shape index (κ2) is 7.53. The predicted octanol–water partition coefficient (Wildman–Crippen LogP) is 4.12. The molecule has 3 aliphatic carbocycles. The molecule has 8 rings (SSSR count). The van der Waals surface area contributed by atoms with Crippen LogP contribution in [0.5, 0.6) is 5.75 Å². The van der Waals surface area contributed by atoms with Crippen LogP contribution >= 0.6 is 0 Å². The second-order valence-corrected chi connectivity index (χ2v) is 13.6. The highest BCUT2D eigenvalue weighted by Crippen LogP contribution is 2.70. The fourth-order valence-electron chi connectivity index (χ4n) is 9.35. The van der Waals surface area contributed by atoms with Crippen LogP contribution in [0.4, 0.5) is 0 Å². The second-order valence-electron chi connectivity index (χ2n) is 12.2. The summed E-state index contributed by atoms with van der Waals surface area (Å²) in [5, 5.41) is 0. The third-order valence-corrected chi connectivity index (χ3v) is 11.3. The fourth-order valence-corrected chi connectivity index (χ4v) is 10.3. The minimum atomic E-state index is -4.37. The van der Waals surface area contributed by atoms with Crippen LogP contribution in [-0.2, 0) is 24.4 Å². The van der Waals surface area contributed by atoms with Crippen LogP contribution in [0.25, 0.3) is 0 Å². The molecule has 4 saturated heterocycles. The first-order valence-electron chi connectivity index (χ1n) is 13.3. The molecule has 4 aliphatic heterocycles. The van der Waals surface area contributed by atoms with Crippen LogP contribution in [0.1, 0.15) is 63.0 Å². The first-order chi connectivity index (χ1) is 16.6. The number of hydrogen-bond acceptors (Lipinski definition) is 6. The molecule has 9 atom stereocenters. The van der Waals surface area contributed by atoms with Crippen LogP contribution in [-0.4, -0.2) is 43.4 Å². The van der Waals surface area contributed by atoms with E-state index in [2.05, 4.69) is 0 Å². The van der Waals surface area contributed by atoms with Gasteiger partial charge in [-0.15, -0.1) is 0 Å². The molecule has 0 aromatic heterocycles. The fraction of sp³-hybridized carbons (Fsp3) is 0.741. The van der Waals surface area contributed by atoms with Crippen molar-refractivity contribution in [2.24, 2.45) is 41.4 Å². The van der Waals surface area contributed by atoms with Gasteiger partial charge in [0, 0.05) is 0 Å². The van der Waals surface area contributed by atoms with Gasteiger partial charge in [0.15, 0.2) is 0 Å². The first kappa shape index (κ1) is 22.7. The first-order valence-corrected chi connectivity index (χ1v) is 14.7. The monoisotopic (exact) mass is 502 g/mol. The summed E-state index contributed by atoms with van der Waals surface area (Å²) < 4.78 is 52.5. The molecule has 0 radical (unpaired) electrons. The summed E-state index contributed by atoms with van der Waals surface area (Å²) in [6.07, 6.45) is 6.53. The van der Waals surface area contributed by atoms with E-state index in [9.17, 15) is 17.8 Å². The molecule has 1 N–H and O–H groups in total. The molecular formula is C27H34O7S. The summed E-state index contributed by atoms with van der Waals surface area (Å²) in [5.41, 5.74) is 0.979. The van der Waals surface area contributed by atoms with Gasteiger partial charge in [0.05, 0.1) is 35.2 Å². The lowest BCUT2D eigenvalue weighted by Gasteiger charge is -2.59. The molecule has 1 aromatic carbocycles. The van der Waals surface area contributed by atoms with Crippen LogP contribution < -0.4 is 4.74 Å². The minimum Gasteiger partial charge on any atom is -0.426 e. The topological polar surface area (TPSA) is 99.1 Å².